The molecule has 0 saturated heterocycles. The molecule has 0 aliphatic carbocycles. The van der Waals surface area contributed by atoms with Crippen molar-refractivity contribution < 1.29 is 27.6 Å². The number of aromatic nitrogens is 1. The van der Waals surface area contributed by atoms with Crippen molar-refractivity contribution in [3.05, 3.63) is 64.8 Å². The summed E-state index contributed by atoms with van der Waals surface area (Å²) in [6.45, 7) is 2.12. The van der Waals surface area contributed by atoms with Gasteiger partial charge in [-0.25, -0.2) is 13.4 Å². The van der Waals surface area contributed by atoms with E-state index < -0.39 is 20.7 Å². The van der Waals surface area contributed by atoms with Gasteiger partial charge in [0.05, 0.1) is 22.6 Å². The number of benzene rings is 2. The lowest BCUT2D eigenvalue weighted by molar-refractivity contribution is -0.384. The van der Waals surface area contributed by atoms with Crippen LogP contribution in [0.2, 0.25) is 0 Å². The molecule has 12 heteroatoms. The molecule has 3 rings (SSSR count). The SMILES string of the molecule is CCOc1ccc(OCC(=O)Nc2ncc(S(=O)(=O)c3ccc([N+](=O)[O-])cc3)s2)cc1. The Bertz CT molecular complexity index is 1170. The fourth-order valence-corrected chi connectivity index (χ4v) is 4.86. The van der Waals surface area contributed by atoms with Crippen LogP contribution in [-0.4, -0.2) is 37.4 Å². The lowest BCUT2D eigenvalue weighted by atomic mass is 10.3. The lowest BCUT2D eigenvalue weighted by Crippen LogP contribution is -2.19. The molecule has 1 N–H and O–H groups in total. The minimum Gasteiger partial charge on any atom is -0.494 e. The Morgan fingerprint density at radius 1 is 1.10 bits per heavy atom. The van der Waals surface area contributed by atoms with Gasteiger partial charge < -0.3 is 9.47 Å². The molecule has 0 aliphatic heterocycles. The number of nitro groups is 1. The van der Waals surface area contributed by atoms with Gasteiger partial charge in [-0.3, -0.25) is 20.2 Å². The largest absolute Gasteiger partial charge is 0.494 e. The number of hydrogen-bond donors (Lipinski definition) is 1. The summed E-state index contributed by atoms with van der Waals surface area (Å²) in [6, 6.07) is 11.3. The molecule has 1 amide bonds. The summed E-state index contributed by atoms with van der Waals surface area (Å²) in [5.74, 6) is 0.644. The third kappa shape index (κ3) is 5.55. The van der Waals surface area contributed by atoms with Crippen molar-refractivity contribution in [3.8, 4) is 11.5 Å². The maximum atomic E-state index is 12.7. The molecule has 0 bridgehead atoms. The number of rotatable bonds is 9. The first-order valence-corrected chi connectivity index (χ1v) is 11.2. The summed E-state index contributed by atoms with van der Waals surface area (Å²) in [5, 5.41) is 13.3. The van der Waals surface area contributed by atoms with Crippen molar-refractivity contribution in [1.82, 2.24) is 4.98 Å². The number of hydrogen-bond acceptors (Lipinski definition) is 9. The van der Waals surface area contributed by atoms with E-state index in [1.807, 2.05) is 6.92 Å². The first-order chi connectivity index (χ1) is 14.8. The standard InChI is InChI=1S/C19H17N3O7S2/c1-2-28-14-5-7-15(8-6-14)29-12-17(23)21-19-20-11-18(30-19)31(26,27)16-9-3-13(4-10-16)22(24)25/h3-11H,2,12H2,1H3,(H,20,21,23). The first-order valence-electron chi connectivity index (χ1n) is 8.90. The maximum Gasteiger partial charge on any atom is 0.269 e. The summed E-state index contributed by atoms with van der Waals surface area (Å²) < 4.78 is 35.9. The van der Waals surface area contributed by atoms with Crippen molar-refractivity contribution in [2.45, 2.75) is 16.0 Å². The highest BCUT2D eigenvalue weighted by Crippen LogP contribution is 2.29. The van der Waals surface area contributed by atoms with Gasteiger partial charge in [-0.2, -0.15) is 0 Å². The van der Waals surface area contributed by atoms with Gasteiger partial charge in [0.25, 0.3) is 11.6 Å². The summed E-state index contributed by atoms with van der Waals surface area (Å²) in [7, 11) is -3.92. The van der Waals surface area contributed by atoms with Crippen LogP contribution < -0.4 is 14.8 Å². The molecule has 0 radical (unpaired) electrons. The maximum absolute atomic E-state index is 12.7. The molecule has 31 heavy (non-hydrogen) atoms. The number of nitrogens with zero attached hydrogens (tertiary/aromatic N) is 2. The van der Waals surface area contributed by atoms with Gasteiger partial charge in [-0.1, -0.05) is 11.3 Å². The van der Waals surface area contributed by atoms with E-state index in [4.69, 9.17) is 9.47 Å². The van der Waals surface area contributed by atoms with Gasteiger partial charge in [0.1, 0.15) is 15.7 Å². The van der Waals surface area contributed by atoms with Gasteiger partial charge in [-0.05, 0) is 43.3 Å². The fraction of sp³-hybridized carbons (Fsp3) is 0.158. The molecular weight excluding hydrogens is 446 g/mol. The zero-order chi connectivity index (χ0) is 22.4. The van der Waals surface area contributed by atoms with Gasteiger partial charge in [0, 0.05) is 12.1 Å². The highest BCUT2D eigenvalue weighted by Gasteiger charge is 2.22. The Kier molecular flexibility index (Phi) is 6.82. The van der Waals surface area contributed by atoms with E-state index >= 15 is 0 Å². The third-order valence-corrected chi connectivity index (χ3v) is 7.00. The molecule has 0 unspecified atom stereocenters. The second kappa shape index (κ2) is 9.53. The highest BCUT2D eigenvalue weighted by molar-refractivity contribution is 7.93. The van der Waals surface area contributed by atoms with Gasteiger partial charge in [-0.15, -0.1) is 0 Å². The van der Waals surface area contributed by atoms with Crippen molar-refractivity contribution in [2.75, 3.05) is 18.5 Å². The number of nitrogens with one attached hydrogen (secondary N) is 1. The second-order valence-electron chi connectivity index (χ2n) is 5.98. The van der Waals surface area contributed by atoms with E-state index in [-0.39, 0.29) is 26.5 Å². The molecule has 0 saturated carbocycles. The zero-order valence-electron chi connectivity index (χ0n) is 16.2. The van der Waals surface area contributed by atoms with Crippen molar-refractivity contribution in [2.24, 2.45) is 0 Å². The molecule has 2 aromatic carbocycles. The van der Waals surface area contributed by atoms with Crippen molar-refractivity contribution in [3.63, 3.8) is 0 Å². The number of thiazole rings is 1. The van der Waals surface area contributed by atoms with Gasteiger partial charge in [0.2, 0.25) is 9.84 Å². The zero-order valence-corrected chi connectivity index (χ0v) is 17.8. The topological polar surface area (TPSA) is 138 Å². The van der Waals surface area contributed by atoms with Crippen LogP contribution in [0.5, 0.6) is 11.5 Å². The van der Waals surface area contributed by atoms with Crippen LogP contribution >= 0.6 is 11.3 Å². The molecule has 0 atom stereocenters. The van der Waals surface area contributed by atoms with Crippen LogP contribution in [0.3, 0.4) is 0 Å². The molecule has 0 fully saturated rings. The van der Waals surface area contributed by atoms with E-state index in [0.29, 0.717) is 18.1 Å². The Morgan fingerprint density at radius 2 is 1.71 bits per heavy atom. The number of sulfone groups is 1. The Balaban J connectivity index is 1.60. The normalized spacial score (nSPS) is 11.0. The number of non-ortho nitro benzene ring substituents is 1. The number of carbonyl (C=O) groups is 1. The van der Waals surface area contributed by atoms with Gasteiger partial charge in [0.15, 0.2) is 11.7 Å². The Morgan fingerprint density at radius 3 is 2.29 bits per heavy atom. The molecular formula is C19H17N3O7S2. The lowest BCUT2D eigenvalue weighted by Gasteiger charge is -2.07. The van der Waals surface area contributed by atoms with E-state index in [1.165, 1.54) is 0 Å². The number of carbonyl (C=O) groups excluding carboxylic acids is 1. The van der Waals surface area contributed by atoms with E-state index in [9.17, 15) is 23.3 Å². The van der Waals surface area contributed by atoms with E-state index in [1.54, 1.807) is 24.3 Å². The molecule has 3 aromatic rings. The van der Waals surface area contributed by atoms with Crippen LogP contribution in [0.15, 0.2) is 63.8 Å². The minimum absolute atomic E-state index is 0.0841. The molecule has 0 spiro atoms. The summed E-state index contributed by atoms with van der Waals surface area (Å²) >= 11 is 0.766. The first kappa shape index (κ1) is 22.2. The number of nitro benzene ring substituents is 1. The molecule has 0 aliphatic rings. The van der Waals surface area contributed by atoms with Crippen LogP contribution in [0.25, 0.3) is 0 Å². The predicted molar refractivity (Wildman–Crippen MR) is 112 cm³/mol. The molecule has 1 aromatic heterocycles. The summed E-state index contributed by atoms with van der Waals surface area (Å²) in [5.41, 5.74) is -0.219. The average Bonchev–Trinajstić information content (AvgIpc) is 3.23. The minimum atomic E-state index is -3.92. The highest BCUT2D eigenvalue weighted by atomic mass is 32.2. The van der Waals surface area contributed by atoms with Crippen molar-refractivity contribution >= 4 is 37.9 Å². The quantitative estimate of drug-likeness (QED) is 0.377. The van der Waals surface area contributed by atoms with E-state index in [2.05, 4.69) is 10.3 Å². The smallest absolute Gasteiger partial charge is 0.269 e. The predicted octanol–water partition coefficient (Wildman–Crippen LogP) is 3.30. The molecule has 10 nitrogen and oxygen atoms in total. The second-order valence-corrected chi connectivity index (χ2v) is 9.19. The fourth-order valence-electron chi connectivity index (χ4n) is 2.41. The van der Waals surface area contributed by atoms with Crippen LogP contribution in [0.4, 0.5) is 10.8 Å². The number of ether oxygens (including phenoxy) is 2. The third-order valence-electron chi connectivity index (χ3n) is 3.86. The summed E-state index contributed by atoms with van der Waals surface area (Å²) in [6.07, 6.45) is 1.12. The van der Waals surface area contributed by atoms with Crippen LogP contribution in [-0.2, 0) is 14.6 Å². The van der Waals surface area contributed by atoms with Crippen LogP contribution in [0.1, 0.15) is 6.92 Å². The Hall–Kier alpha value is -3.51. The van der Waals surface area contributed by atoms with Gasteiger partial charge >= 0.3 is 0 Å². The number of amides is 1. The van der Waals surface area contributed by atoms with Crippen LogP contribution in [0, 0.1) is 10.1 Å². The molecule has 162 valence electrons. The van der Waals surface area contributed by atoms with E-state index in [0.717, 1.165) is 41.8 Å². The summed E-state index contributed by atoms with van der Waals surface area (Å²) in [4.78, 5) is 26.0. The van der Waals surface area contributed by atoms with Crippen molar-refractivity contribution in [1.29, 1.82) is 0 Å². The number of anilines is 1. The Labute approximate surface area is 181 Å². The molecule has 1 heterocycles. The monoisotopic (exact) mass is 463 g/mol. The average molecular weight is 463 g/mol.